The van der Waals surface area contributed by atoms with Crippen molar-refractivity contribution in [2.75, 3.05) is 5.32 Å². The van der Waals surface area contributed by atoms with Crippen LogP contribution in [0, 0.1) is 17.2 Å². The molecule has 2 rings (SSSR count). The van der Waals surface area contributed by atoms with Crippen molar-refractivity contribution >= 4 is 39.6 Å². The van der Waals surface area contributed by atoms with Crippen molar-refractivity contribution in [3.8, 4) is 6.07 Å². The maximum Gasteiger partial charge on any atom is 0.226 e. The Kier molecular flexibility index (Phi) is 5.32. The van der Waals surface area contributed by atoms with Gasteiger partial charge in [-0.15, -0.1) is 11.3 Å². The molecule has 0 spiro atoms. The van der Waals surface area contributed by atoms with E-state index in [1.165, 1.54) is 11.3 Å². The van der Waals surface area contributed by atoms with Gasteiger partial charge < -0.3 is 10.6 Å². The Labute approximate surface area is 134 Å². The van der Waals surface area contributed by atoms with Gasteiger partial charge in [0.25, 0.3) is 0 Å². The summed E-state index contributed by atoms with van der Waals surface area (Å²) in [5.74, 6) is 0.193. The molecule has 6 heteroatoms. The topological polar surface area (TPSA) is 64.9 Å². The number of nitriles is 1. The van der Waals surface area contributed by atoms with Gasteiger partial charge in [-0.1, -0.05) is 13.8 Å². The third-order valence-corrected chi connectivity index (χ3v) is 4.77. The molecule has 1 aromatic rings. The van der Waals surface area contributed by atoms with E-state index < -0.39 is 0 Å². The zero-order valence-electron chi connectivity index (χ0n) is 12.3. The SMILES string of the molecule is CC(C)CC(=O)NC(=S)Nc1sc2c(c1C#N)CCCC2. The lowest BCUT2D eigenvalue weighted by atomic mass is 9.96. The smallest absolute Gasteiger partial charge is 0.226 e. The number of rotatable bonds is 3. The van der Waals surface area contributed by atoms with Crippen molar-refractivity contribution in [3.63, 3.8) is 0 Å². The molecule has 2 N–H and O–H groups in total. The van der Waals surface area contributed by atoms with Crippen LogP contribution in [0.2, 0.25) is 0 Å². The average Bonchev–Trinajstić information content (AvgIpc) is 2.74. The Morgan fingerprint density at radius 1 is 1.43 bits per heavy atom. The standard InChI is InChI=1S/C15H19N3OS2/c1-9(2)7-13(19)17-15(20)18-14-11(8-16)10-5-3-4-6-12(10)21-14/h9H,3-7H2,1-2H3,(H2,17,18,19,20). The Bertz CT molecular complexity index is 599. The van der Waals surface area contributed by atoms with Crippen molar-refractivity contribution in [3.05, 3.63) is 16.0 Å². The molecule has 0 unspecified atom stereocenters. The lowest BCUT2D eigenvalue weighted by Gasteiger charge is -2.10. The summed E-state index contributed by atoms with van der Waals surface area (Å²) < 4.78 is 0. The van der Waals surface area contributed by atoms with E-state index in [-0.39, 0.29) is 16.9 Å². The number of aryl methyl sites for hydroxylation is 1. The minimum atomic E-state index is -0.0951. The van der Waals surface area contributed by atoms with Gasteiger partial charge in [-0.3, -0.25) is 4.79 Å². The molecule has 4 nitrogen and oxygen atoms in total. The highest BCUT2D eigenvalue weighted by molar-refractivity contribution is 7.80. The van der Waals surface area contributed by atoms with E-state index in [0.717, 1.165) is 29.8 Å². The van der Waals surface area contributed by atoms with Crippen molar-refractivity contribution in [1.82, 2.24) is 5.32 Å². The average molecular weight is 321 g/mol. The zero-order chi connectivity index (χ0) is 15.4. The number of carbonyl (C=O) groups is 1. The second-order valence-electron chi connectivity index (χ2n) is 5.63. The largest absolute Gasteiger partial charge is 0.323 e. The molecule has 0 saturated heterocycles. The third kappa shape index (κ3) is 4.02. The number of hydrogen-bond acceptors (Lipinski definition) is 4. The van der Waals surface area contributed by atoms with Gasteiger partial charge in [0.05, 0.1) is 5.56 Å². The van der Waals surface area contributed by atoms with Gasteiger partial charge in [0, 0.05) is 11.3 Å². The zero-order valence-corrected chi connectivity index (χ0v) is 13.9. The van der Waals surface area contributed by atoms with Crippen LogP contribution in [-0.4, -0.2) is 11.0 Å². The monoisotopic (exact) mass is 321 g/mol. The van der Waals surface area contributed by atoms with Gasteiger partial charge in [-0.05, 0) is 49.4 Å². The summed E-state index contributed by atoms with van der Waals surface area (Å²) in [4.78, 5) is 13.0. The number of thiocarbonyl (C=S) groups is 1. The van der Waals surface area contributed by atoms with Crippen LogP contribution in [0.1, 0.15) is 49.1 Å². The van der Waals surface area contributed by atoms with Crippen LogP contribution < -0.4 is 10.6 Å². The molecule has 0 atom stereocenters. The number of amides is 1. The molecule has 0 saturated carbocycles. The maximum absolute atomic E-state index is 11.7. The Balaban J connectivity index is 2.06. The molecule has 112 valence electrons. The van der Waals surface area contributed by atoms with E-state index >= 15 is 0 Å². The van der Waals surface area contributed by atoms with Crippen LogP contribution in [0.3, 0.4) is 0 Å². The van der Waals surface area contributed by atoms with Gasteiger partial charge in [-0.25, -0.2) is 0 Å². The van der Waals surface area contributed by atoms with Gasteiger partial charge in [-0.2, -0.15) is 5.26 Å². The van der Waals surface area contributed by atoms with Crippen LogP contribution in [0.5, 0.6) is 0 Å². The number of carbonyl (C=O) groups excluding carboxylic acids is 1. The van der Waals surface area contributed by atoms with Crippen molar-refractivity contribution < 1.29 is 4.79 Å². The summed E-state index contributed by atoms with van der Waals surface area (Å²) in [6.45, 7) is 3.97. The molecular weight excluding hydrogens is 302 g/mol. The Hall–Kier alpha value is -1.45. The number of anilines is 1. The predicted octanol–water partition coefficient (Wildman–Crippen LogP) is 3.36. The summed E-state index contributed by atoms with van der Waals surface area (Å²) in [6, 6.07) is 2.27. The molecule has 0 bridgehead atoms. The summed E-state index contributed by atoms with van der Waals surface area (Å²) in [5.41, 5.74) is 1.85. The minimum absolute atomic E-state index is 0.0951. The highest BCUT2D eigenvalue weighted by Crippen LogP contribution is 2.37. The van der Waals surface area contributed by atoms with E-state index in [1.54, 1.807) is 11.3 Å². The molecule has 1 amide bonds. The third-order valence-electron chi connectivity index (χ3n) is 3.36. The maximum atomic E-state index is 11.7. The minimum Gasteiger partial charge on any atom is -0.323 e. The van der Waals surface area contributed by atoms with Gasteiger partial charge in [0.15, 0.2) is 5.11 Å². The van der Waals surface area contributed by atoms with Crippen LogP contribution in [0.25, 0.3) is 0 Å². The number of nitrogens with one attached hydrogen (secondary N) is 2. The summed E-state index contributed by atoms with van der Waals surface area (Å²) >= 11 is 6.75. The predicted molar refractivity (Wildman–Crippen MR) is 89.5 cm³/mol. The van der Waals surface area contributed by atoms with Gasteiger partial charge >= 0.3 is 0 Å². The fourth-order valence-electron chi connectivity index (χ4n) is 2.46. The number of thiophene rings is 1. The molecule has 1 heterocycles. The Morgan fingerprint density at radius 2 is 2.14 bits per heavy atom. The van der Waals surface area contributed by atoms with Gasteiger partial charge in [0.2, 0.25) is 5.91 Å². The lowest BCUT2D eigenvalue weighted by Crippen LogP contribution is -2.34. The Morgan fingerprint density at radius 3 is 2.81 bits per heavy atom. The van der Waals surface area contributed by atoms with E-state index in [2.05, 4.69) is 16.7 Å². The highest BCUT2D eigenvalue weighted by Gasteiger charge is 2.21. The van der Waals surface area contributed by atoms with Crippen LogP contribution in [-0.2, 0) is 17.6 Å². The fraction of sp³-hybridized carbons (Fsp3) is 0.533. The molecule has 1 aromatic heterocycles. The van der Waals surface area contributed by atoms with E-state index in [0.29, 0.717) is 12.0 Å². The summed E-state index contributed by atoms with van der Waals surface area (Å²) in [7, 11) is 0. The number of hydrogen-bond donors (Lipinski definition) is 2. The van der Waals surface area contributed by atoms with Crippen LogP contribution >= 0.6 is 23.6 Å². The fourth-order valence-corrected chi connectivity index (χ4v) is 3.98. The first kappa shape index (κ1) is 15.9. The molecule has 0 radical (unpaired) electrons. The molecule has 21 heavy (non-hydrogen) atoms. The molecule has 0 aliphatic heterocycles. The molecule has 0 fully saturated rings. The molecule has 1 aliphatic carbocycles. The van der Waals surface area contributed by atoms with Crippen LogP contribution in [0.4, 0.5) is 5.00 Å². The van der Waals surface area contributed by atoms with Crippen molar-refractivity contribution in [1.29, 1.82) is 5.26 Å². The summed E-state index contributed by atoms with van der Waals surface area (Å²) in [5, 5.41) is 16.1. The number of nitrogens with zero attached hydrogens (tertiary/aromatic N) is 1. The second-order valence-corrected chi connectivity index (χ2v) is 7.14. The van der Waals surface area contributed by atoms with Crippen LogP contribution in [0.15, 0.2) is 0 Å². The van der Waals surface area contributed by atoms with E-state index in [9.17, 15) is 10.1 Å². The van der Waals surface area contributed by atoms with E-state index in [4.69, 9.17) is 12.2 Å². The van der Waals surface area contributed by atoms with E-state index in [1.807, 2.05) is 13.8 Å². The van der Waals surface area contributed by atoms with Crippen molar-refractivity contribution in [2.24, 2.45) is 5.92 Å². The first-order valence-electron chi connectivity index (χ1n) is 7.16. The summed E-state index contributed by atoms with van der Waals surface area (Å²) in [6.07, 6.45) is 4.74. The number of fused-ring (bicyclic) bond motifs is 1. The molecule has 0 aromatic carbocycles. The first-order valence-corrected chi connectivity index (χ1v) is 8.39. The molecular formula is C15H19N3OS2. The highest BCUT2D eigenvalue weighted by atomic mass is 32.1. The second kappa shape index (κ2) is 7.01. The molecule has 1 aliphatic rings. The normalized spacial score (nSPS) is 13.4. The lowest BCUT2D eigenvalue weighted by molar-refractivity contribution is -0.120. The van der Waals surface area contributed by atoms with Gasteiger partial charge in [0.1, 0.15) is 11.1 Å². The quantitative estimate of drug-likeness (QED) is 0.838. The van der Waals surface area contributed by atoms with Crippen molar-refractivity contribution in [2.45, 2.75) is 46.0 Å². The first-order chi connectivity index (χ1) is 10.0.